The van der Waals surface area contributed by atoms with Crippen molar-refractivity contribution in [2.75, 3.05) is 6.61 Å². The topological polar surface area (TPSA) is 114 Å². The van der Waals surface area contributed by atoms with Crippen LogP contribution in [0.2, 0.25) is 0 Å². The first-order valence-corrected chi connectivity index (χ1v) is 11.2. The highest BCUT2D eigenvalue weighted by Gasteiger charge is 2.29. The maximum Gasteiger partial charge on any atom is 0.407 e. The Morgan fingerprint density at radius 3 is 2.21 bits per heavy atom. The van der Waals surface area contributed by atoms with E-state index in [1.807, 2.05) is 43.3 Å². The molecule has 0 saturated heterocycles. The quantitative estimate of drug-likeness (QED) is 0.442. The molecule has 0 heterocycles. The second-order valence-corrected chi connectivity index (χ2v) is 8.14. The summed E-state index contributed by atoms with van der Waals surface area (Å²) in [4.78, 5) is 40.3. The van der Waals surface area contributed by atoms with E-state index in [1.54, 1.807) is 0 Å². The molecule has 0 bridgehead atoms. The van der Waals surface area contributed by atoms with Crippen molar-refractivity contribution in [3.05, 3.63) is 59.7 Å². The number of hydrogen-bond donors (Lipinski definition) is 3. The van der Waals surface area contributed by atoms with Crippen molar-refractivity contribution in [3.63, 3.8) is 0 Å². The SMILES string of the molecule is CCCC[C@H](CC(=O)NOC(C)C(=O)O)NC(=O)OCC1c2ccccc2-c2ccccc21. The third-order valence-corrected chi connectivity index (χ3v) is 5.70. The van der Waals surface area contributed by atoms with Crippen LogP contribution in [-0.4, -0.2) is 41.8 Å². The summed E-state index contributed by atoms with van der Waals surface area (Å²) in [7, 11) is 0. The zero-order chi connectivity index (χ0) is 23.8. The lowest BCUT2D eigenvalue weighted by atomic mass is 9.98. The molecule has 33 heavy (non-hydrogen) atoms. The van der Waals surface area contributed by atoms with Crippen molar-refractivity contribution in [1.29, 1.82) is 0 Å². The molecule has 0 saturated carbocycles. The van der Waals surface area contributed by atoms with Gasteiger partial charge in [0.2, 0.25) is 5.91 Å². The maximum absolute atomic E-state index is 12.6. The Kier molecular flexibility index (Phi) is 8.43. The second kappa shape index (κ2) is 11.5. The molecular weight excluding hydrogens is 424 g/mol. The van der Waals surface area contributed by atoms with Crippen molar-refractivity contribution in [2.45, 2.75) is 57.6 Å². The number of benzene rings is 2. The van der Waals surface area contributed by atoms with E-state index in [-0.39, 0.29) is 18.9 Å². The Morgan fingerprint density at radius 1 is 1.03 bits per heavy atom. The average molecular weight is 455 g/mol. The number of unbranched alkanes of at least 4 members (excludes halogenated alkanes) is 1. The molecule has 2 amide bonds. The third kappa shape index (κ3) is 6.32. The zero-order valence-corrected chi connectivity index (χ0v) is 18.9. The van der Waals surface area contributed by atoms with Gasteiger partial charge >= 0.3 is 12.1 Å². The van der Waals surface area contributed by atoms with Crippen LogP contribution < -0.4 is 10.8 Å². The van der Waals surface area contributed by atoms with E-state index in [1.165, 1.54) is 6.92 Å². The number of fused-ring (bicyclic) bond motifs is 3. The summed E-state index contributed by atoms with van der Waals surface area (Å²) in [6.07, 6.45) is 0.494. The van der Waals surface area contributed by atoms with E-state index in [9.17, 15) is 14.4 Å². The number of nitrogens with one attached hydrogen (secondary N) is 2. The summed E-state index contributed by atoms with van der Waals surface area (Å²) in [6.45, 7) is 3.51. The molecule has 0 aromatic heterocycles. The molecular formula is C25H30N2O6. The van der Waals surface area contributed by atoms with E-state index in [0.717, 1.165) is 35.1 Å². The van der Waals surface area contributed by atoms with Crippen LogP contribution >= 0.6 is 0 Å². The lowest BCUT2D eigenvalue weighted by molar-refractivity contribution is -0.158. The molecule has 1 aliphatic rings. The monoisotopic (exact) mass is 454 g/mol. The van der Waals surface area contributed by atoms with Crippen molar-refractivity contribution >= 4 is 18.0 Å². The second-order valence-electron chi connectivity index (χ2n) is 8.14. The molecule has 3 rings (SSSR count). The summed E-state index contributed by atoms with van der Waals surface area (Å²) in [6, 6.07) is 15.7. The molecule has 2 aromatic carbocycles. The Bertz CT molecular complexity index is 947. The highest BCUT2D eigenvalue weighted by Crippen LogP contribution is 2.44. The molecule has 3 N–H and O–H groups in total. The molecule has 8 nitrogen and oxygen atoms in total. The molecule has 176 valence electrons. The molecule has 0 aliphatic heterocycles. The van der Waals surface area contributed by atoms with Gasteiger partial charge in [0.05, 0.1) is 0 Å². The average Bonchev–Trinajstić information content (AvgIpc) is 3.13. The first-order valence-electron chi connectivity index (χ1n) is 11.2. The number of aliphatic carboxylic acids is 1. The third-order valence-electron chi connectivity index (χ3n) is 5.70. The predicted octanol–water partition coefficient (Wildman–Crippen LogP) is 3.99. The molecule has 0 fully saturated rings. The van der Waals surface area contributed by atoms with Crippen molar-refractivity contribution < 1.29 is 29.1 Å². The molecule has 8 heteroatoms. The van der Waals surface area contributed by atoms with Gasteiger partial charge in [-0.1, -0.05) is 68.3 Å². The fourth-order valence-electron chi connectivity index (χ4n) is 3.95. The highest BCUT2D eigenvalue weighted by molar-refractivity contribution is 5.79. The van der Waals surface area contributed by atoms with E-state index in [2.05, 4.69) is 22.9 Å². The number of amides is 2. The number of hydrogen-bond acceptors (Lipinski definition) is 5. The van der Waals surface area contributed by atoms with E-state index in [0.29, 0.717) is 6.42 Å². The smallest absolute Gasteiger partial charge is 0.407 e. The van der Waals surface area contributed by atoms with Gasteiger partial charge in [0, 0.05) is 18.4 Å². The van der Waals surface area contributed by atoms with Crippen molar-refractivity contribution in [2.24, 2.45) is 0 Å². The minimum absolute atomic E-state index is 0.0451. The van der Waals surface area contributed by atoms with Gasteiger partial charge in [0.25, 0.3) is 0 Å². The van der Waals surface area contributed by atoms with Gasteiger partial charge in [-0.05, 0) is 35.6 Å². The summed E-state index contributed by atoms with van der Waals surface area (Å²) in [5, 5.41) is 11.6. The molecule has 1 unspecified atom stereocenters. The van der Waals surface area contributed by atoms with E-state index >= 15 is 0 Å². The number of carbonyl (C=O) groups is 3. The number of carboxylic acid groups (broad SMARTS) is 1. The van der Waals surface area contributed by atoms with Crippen LogP contribution in [0.4, 0.5) is 4.79 Å². The summed E-state index contributed by atoms with van der Waals surface area (Å²) < 4.78 is 5.57. The maximum atomic E-state index is 12.6. The van der Waals surface area contributed by atoms with Gasteiger partial charge in [-0.25, -0.2) is 15.1 Å². The van der Waals surface area contributed by atoms with Gasteiger partial charge in [-0.3, -0.25) is 9.63 Å². The number of carboxylic acids is 1. The Balaban J connectivity index is 1.57. The fourth-order valence-corrected chi connectivity index (χ4v) is 3.95. The lowest BCUT2D eigenvalue weighted by Gasteiger charge is -2.20. The summed E-state index contributed by atoms with van der Waals surface area (Å²) in [5.41, 5.74) is 6.67. The van der Waals surface area contributed by atoms with Crippen LogP contribution in [0.1, 0.15) is 56.6 Å². The first-order chi connectivity index (χ1) is 15.9. The molecule has 0 spiro atoms. The number of alkyl carbamates (subject to hydrolysis) is 1. The van der Waals surface area contributed by atoms with Crippen LogP contribution in [0, 0.1) is 0 Å². The number of rotatable bonds is 11. The van der Waals surface area contributed by atoms with Gasteiger partial charge in [0.15, 0.2) is 6.10 Å². The normalized spacial score (nSPS) is 14.0. The standard InChI is InChI=1S/C25H30N2O6/c1-3-4-9-17(14-23(28)27-33-16(2)24(29)30)26-25(31)32-15-22-20-12-7-5-10-18(20)19-11-6-8-13-21(19)22/h5-8,10-13,16-17,22H,3-4,9,14-15H2,1-2H3,(H,26,31)(H,27,28)(H,29,30)/t16?,17-/m1/s1. The van der Waals surface area contributed by atoms with Crippen molar-refractivity contribution in [1.82, 2.24) is 10.8 Å². The summed E-state index contributed by atoms with van der Waals surface area (Å²) in [5.74, 6) is -1.75. The van der Waals surface area contributed by atoms with E-state index < -0.39 is 30.1 Å². The van der Waals surface area contributed by atoms with Gasteiger partial charge in [-0.15, -0.1) is 0 Å². The Morgan fingerprint density at radius 2 is 1.64 bits per heavy atom. The molecule has 2 aromatic rings. The van der Waals surface area contributed by atoms with Crippen LogP contribution in [0.3, 0.4) is 0 Å². The predicted molar refractivity (Wildman–Crippen MR) is 122 cm³/mol. The van der Waals surface area contributed by atoms with Crippen LogP contribution in [0.25, 0.3) is 11.1 Å². The lowest BCUT2D eigenvalue weighted by Crippen LogP contribution is -2.41. The molecule has 2 atom stereocenters. The van der Waals surface area contributed by atoms with Crippen LogP contribution in [-0.2, 0) is 19.2 Å². The Labute approximate surface area is 193 Å². The largest absolute Gasteiger partial charge is 0.479 e. The van der Waals surface area contributed by atoms with E-state index in [4.69, 9.17) is 14.7 Å². The van der Waals surface area contributed by atoms with Crippen LogP contribution in [0.5, 0.6) is 0 Å². The minimum atomic E-state index is -1.19. The van der Waals surface area contributed by atoms with Crippen LogP contribution in [0.15, 0.2) is 48.5 Å². The fraction of sp³-hybridized carbons (Fsp3) is 0.400. The molecule has 1 aliphatic carbocycles. The first kappa shape index (κ1) is 24.3. The number of carbonyl (C=O) groups excluding carboxylic acids is 2. The highest BCUT2D eigenvalue weighted by atomic mass is 16.7. The zero-order valence-electron chi connectivity index (χ0n) is 18.9. The molecule has 0 radical (unpaired) electrons. The number of hydroxylamine groups is 1. The minimum Gasteiger partial charge on any atom is -0.479 e. The van der Waals surface area contributed by atoms with Crippen molar-refractivity contribution in [3.8, 4) is 11.1 Å². The number of ether oxygens (including phenoxy) is 1. The van der Waals surface area contributed by atoms with Gasteiger partial charge in [-0.2, -0.15) is 0 Å². The van der Waals surface area contributed by atoms with Gasteiger partial charge < -0.3 is 15.2 Å². The van der Waals surface area contributed by atoms with Gasteiger partial charge in [0.1, 0.15) is 6.61 Å². The Hall–Kier alpha value is -3.39. The summed E-state index contributed by atoms with van der Waals surface area (Å²) >= 11 is 0.